The van der Waals surface area contributed by atoms with E-state index in [0.717, 1.165) is 5.56 Å². The van der Waals surface area contributed by atoms with Crippen LogP contribution >= 0.6 is 0 Å². The van der Waals surface area contributed by atoms with Crippen LogP contribution in [0.25, 0.3) is 6.08 Å². The van der Waals surface area contributed by atoms with Crippen LogP contribution < -0.4 is 0 Å². The van der Waals surface area contributed by atoms with Crippen molar-refractivity contribution in [3.8, 4) is 0 Å². The molecule has 1 rings (SSSR count). The normalized spacial score (nSPS) is 12.8. The van der Waals surface area contributed by atoms with E-state index in [9.17, 15) is 9.90 Å². The van der Waals surface area contributed by atoms with Gasteiger partial charge in [-0.15, -0.1) is 0 Å². The summed E-state index contributed by atoms with van der Waals surface area (Å²) >= 11 is 0. The van der Waals surface area contributed by atoms with Crippen molar-refractivity contribution in [1.82, 2.24) is 4.98 Å². The van der Waals surface area contributed by atoms with Gasteiger partial charge in [-0.3, -0.25) is 4.98 Å². The molecule has 0 fully saturated rings. The van der Waals surface area contributed by atoms with E-state index in [2.05, 4.69) is 4.98 Å². The quantitative estimate of drug-likeness (QED) is 0.663. The van der Waals surface area contributed by atoms with Crippen molar-refractivity contribution < 1.29 is 19.4 Å². The predicted molar refractivity (Wildman–Crippen MR) is 76.1 cm³/mol. The van der Waals surface area contributed by atoms with Gasteiger partial charge in [-0.05, 0) is 17.6 Å². The zero-order valence-electron chi connectivity index (χ0n) is 12.5. The van der Waals surface area contributed by atoms with Crippen LogP contribution in [0.2, 0.25) is 0 Å². The standard InChI is InChI=1S/C15H21NO4/c1-15(2,3)12(13(17)18)8-11-7-6-10(9-16-11)14(19-4)20-5/h6-9,14H,1-5H3,(H,17,18). The Morgan fingerprint density at radius 3 is 2.25 bits per heavy atom. The highest BCUT2D eigenvalue weighted by Crippen LogP contribution is 2.27. The van der Waals surface area contributed by atoms with Gasteiger partial charge >= 0.3 is 5.97 Å². The first-order chi connectivity index (χ1) is 9.29. The van der Waals surface area contributed by atoms with Gasteiger partial charge < -0.3 is 14.6 Å². The Bertz CT molecular complexity index is 482. The van der Waals surface area contributed by atoms with E-state index in [1.807, 2.05) is 20.8 Å². The molecular weight excluding hydrogens is 258 g/mol. The molecule has 0 aliphatic carbocycles. The number of aliphatic carboxylic acids is 1. The molecule has 0 saturated carbocycles. The maximum atomic E-state index is 11.3. The van der Waals surface area contributed by atoms with Gasteiger partial charge in [-0.1, -0.05) is 26.8 Å². The van der Waals surface area contributed by atoms with Gasteiger partial charge in [0.2, 0.25) is 0 Å². The van der Waals surface area contributed by atoms with Gasteiger partial charge in [0.15, 0.2) is 6.29 Å². The Morgan fingerprint density at radius 2 is 1.90 bits per heavy atom. The third-order valence-corrected chi connectivity index (χ3v) is 2.84. The molecule has 5 nitrogen and oxygen atoms in total. The fourth-order valence-corrected chi connectivity index (χ4v) is 1.76. The molecule has 1 aromatic rings. The van der Waals surface area contributed by atoms with Crippen LogP contribution in [-0.2, 0) is 14.3 Å². The Hall–Kier alpha value is -1.72. The molecule has 0 unspecified atom stereocenters. The van der Waals surface area contributed by atoms with E-state index in [4.69, 9.17) is 9.47 Å². The Morgan fingerprint density at radius 1 is 1.30 bits per heavy atom. The van der Waals surface area contributed by atoms with E-state index >= 15 is 0 Å². The zero-order valence-corrected chi connectivity index (χ0v) is 12.5. The molecule has 0 saturated heterocycles. The van der Waals surface area contributed by atoms with Gasteiger partial charge in [0, 0.05) is 31.6 Å². The SMILES string of the molecule is COC(OC)c1ccc(C=C(C(=O)O)C(C)(C)C)nc1. The summed E-state index contributed by atoms with van der Waals surface area (Å²) in [7, 11) is 3.09. The second-order valence-electron chi connectivity index (χ2n) is 5.43. The first kappa shape index (κ1) is 16.3. The van der Waals surface area contributed by atoms with Crippen LogP contribution in [0.3, 0.4) is 0 Å². The van der Waals surface area contributed by atoms with E-state index in [1.165, 1.54) is 0 Å². The molecule has 5 heteroatoms. The fraction of sp³-hybridized carbons (Fsp3) is 0.467. The summed E-state index contributed by atoms with van der Waals surface area (Å²) in [5.41, 5.74) is 1.23. The van der Waals surface area contributed by atoms with Gasteiger partial charge in [-0.2, -0.15) is 0 Å². The lowest BCUT2D eigenvalue weighted by molar-refractivity contribution is -0.133. The number of ether oxygens (including phenoxy) is 2. The lowest BCUT2D eigenvalue weighted by atomic mass is 9.86. The molecule has 0 radical (unpaired) electrons. The molecule has 1 N–H and O–H groups in total. The smallest absolute Gasteiger partial charge is 0.332 e. The molecule has 0 aliphatic heterocycles. The summed E-state index contributed by atoms with van der Waals surface area (Å²) in [6.07, 6.45) is 2.73. The summed E-state index contributed by atoms with van der Waals surface area (Å²) < 4.78 is 10.3. The lowest BCUT2D eigenvalue weighted by Gasteiger charge is -2.19. The highest BCUT2D eigenvalue weighted by molar-refractivity contribution is 5.93. The van der Waals surface area contributed by atoms with Crippen LogP contribution in [0.5, 0.6) is 0 Å². The second-order valence-corrected chi connectivity index (χ2v) is 5.43. The van der Waals surface area contributed by atoms with Crippen molar-refractivity contribution in [2.75, 3.05) is 14.2 Å². The first-order valence-electron chi connectivity index (χ1n) is 6.26. The third-order valence-electron chi connectivity index (χ3n) is 2.84. The molecule has 0 bridgehead atoms. The predicted octanol–water partition coefficient (Wildman–Crippen LogP) is 2.89. The van der Waals surface area contributed by atoms with Gasteiger partial charge in [-0.25, -0.2) is 4.79 Å². The highest BCUT2D eigenvalue weighted by Gasteiger charge is 2.23. The van der Waals surface area contributed by atoms with Crippen molar-refractivity contribution in [2.45, 2.75) is 27.1 Å². The van der Waals surface area contributed by atoms with Crippen LogP contribution in [0.1, 0.15) is 38.3 Å². The molecule has 0 atom stereocenters. The number of carboxylic acid groups (broad SMARTS) is 1. The number of pyridine rings is 1. The molecule has 0 amide bonds. The molecular formula is C15H21NO4. The highest BCUT2D eigenvalue weighted by atomic mass is 16.7. The van der Waals surface area contributed by atoms with Crippen LogP contribution in [0, 0.1) is 5.41 Å². The van der Waals surface area contributed by atoms with Crippen LogP contribution in [0.4, 0.5) is 0 Å². The monoisotopic (exact) mass is 279 g/mol. The number of hydrogen-bond donors (Lipinski definition) is 1. The topological polar surface area (TPSA) is 68.7 Å². The summed E-state index contributed by atoms with van der Waals surface area (Å²) in [5, 5.41) is 9.25. The first-order valence-corrected chi connectivity index (χ1v) is 6.26. The summed E-state index contributed by atoms with van der Waals surface area (Å²) in [6, 6.07) is 3.55. The summed E-state index contributed by atoms with van der Waals surface area (Å²) in [5.74, 6) is -0.935. The Balaban J connectivity index is 3.07. The number of hydrogen-bond acceptors (Lipinski definition) is 4. The maximum absolute atomic E-state index is 11.3. The molecule has 110 valence electrons. The van der Waals surface area contributed by atoms with Crippen LogP contribution in [-0.4, -0.2) is 30.3 Å². The molecule has 0 aromatic carbocycles. The third kappa shape index (κ3) is 4.15. The second kappa shape index (κ2) is 6.63. The van der Waals surface area contributed by atoms with E-state index < -0.39 is 17.7 Å². The molecule has 0 aliphatic rings. The fourth-order valence-electron chi connectivity index (χ4n) is 1.76. The Kier molecular flexibility index (Phi) is 5.42. The zero-order chi connectivity index (χ0) is 15.3. The van der Waals surface area contributed by atoms with Crippen molar-refractivity contribution in [1.29, 1.82) is 0 Å². The van der Waals surface area contributed by atoms with Gasteiger partial charge in [0.05, 0.1) is 5.69 Å². The number of carboxylic acids is 1. The molecule has 20 heavy (non-hydrogen) atoms. The number of methoxy groups -OCH3 is 2. The molecule has 1 heterocycles. The van der Waals surface area contributed by atoms with Crippen molar-refractivity contribution in [2.24, 2.45) is 5.41 Å². The van der Waals surface area contributed by atoms with E-state index in [0.29, 0.717) is 11.3 Å². The Labute approximate surface area is 119 Å². The number of aromatic nitrogens is 1. The largest absolute Gasteiger partial charge is 0.478 e. The average Bonchev–Trinajstić information content (AvgIpc) is 2.37. The van der Waals surface area contributed by atoms with Gasteiger partial charge in [0.1, 0.15) is 0 Å². The average molecular weight is 279 g/mol. The lowest BCUT2D eigenvalue weighted by Crippen LogP contribution is -2.17. The number of carbonyl (C=O) groups is 1. The van der Waals surface area contributed by atoms with Crippen molar-refractivity contribution >= 4 is 12.0 Å². The summed E-state index contributed by atoms with van der Waals surface area (Å²) in [6.45, 7) is 5.56. The van der Waals surface area contributed by atoms with Crippen LogP contribution in [0.15, 0.2) is 23.9 Å². The minimum atomic E-state index is -0.935. The molecule has 0 spiro atoms. The van der Waals surface area contributed by atoms with Crippen molar-refractivity contribution in [3.05, 3.63) is 35.2 Å². The molecule has 1 aromatic heterocycles. The van der Waals surface area contributed by atoms with Crippen molar-refractivity contribution in [3.63, 3.8) is 0 Å². The van der Waals surface area contributed by atoms with Gasteiger partial charge in [0.25, 0.3) is 0 Å². The minimum Gasteiger partial charge on any atom is -0.478 e. The maximum Gasteiger partial charge on any atom is 0.332 e. The minimum absolute atomic E-state index is 0.313. The summed E-state index contributed by atoms with van der Waals surface area (Å²) in [4.78, 5) is 15.5. The number of nitrogens with zero attached hydrogens (tertiary/aromatic N) is 1. The van der Waals surface area contributed by atoms with E-state index in [-0.39, 0.29) is 0 Å². The van der Waals surface area contributed by atoms with E-state index in [1.54, 1.807) is 38.6 Å². The number of rotatable bonds is 5.